The molecule has 5 nitrogen and oxygen atoms in total. The lowest BCUT2D eigenvalue weighted by molar-refractivity contribution is -0.151. The maximum Gasteiger partial charge on any atom is 0.228 e. The van der Waals surface area contributed by atoms with Crippen LogP contribution in [0.4, 0.5) is 0 Å². The Morgan fingerprint density at radius 3 is 1.97 bits per heavy atom. The van der Waals surface area contributed by atoms with Gasteiger partial charge in [0.25, 0.3) is 0 Å². The van der Waals surface area contributed by atoms with E-state index in [4.69, 9.17) is 0 Å². The third-order valence-corrected chi connectivity index (χ3v) is 9.99. The van der Waals surface area contributed by atoms with Crippen molar-refractivity contribution in [2.75, 3.05) is 26.2 Å². The molecule has 4 saturated carbocycles. The number of carbonyl (C=O) groups excluding carboxylic acids is 3. The average molecular weight is 457 g/mol. The smallest absolute Gasteiger partial charge is 0.228 e. The number of carbonyl (C=O) groups is 3. The van der Waals surface area contributed by atoms with Crippen molar-refractivity contribution >= 4 is 17.6 Å². The Morgan fingerprint density at radius 2 is 1.36 bits per heavy atom. The van der Waals surface area contributed by atoms with Crippen LogP contribution in [0.1, 0.15) is 96.8 Å². The third kappa shape index (κ3) is 5.17. The van der Waals surface area contributed by atoms with Crippen molar-refractivity contribution in [1.29, 1.82) is 0 Å². The van der Waals surface area contributed by atoms with Crippen molar-refractivity contribution in [2.24, 2.45) is 35.0 Å². The molecule has 5 fully saturated rings. The molecule has 1 saturated heterocycles. The van der Waals surface area contributed by atoms with Gasteiger partial charge < -0.3 is 9.80 Å². The quantitative estimate of drug-likeness (QED) is 0.575. The van der Waals surface area contributed by atoms with Gasteiger partial charge in [0.2, 0.25) is 11.8 Å². The van der Waals surface area contributed by atoms with Crippen molar-refractivity contribution in [3.05, 3.63) is 0 Å². The molecular formula is C28H44N2O3. The predicted octanol–water partition coefficient (Wildman–Crippen LogP) is 4.83. The van der Waals surface area contributed by atoms with E-state index in [9.17, 15) is 14.4 Å². The Labute approximate surface area is 200 Å². The van der Waals surface area contributed by atoms with Gasteiger partial charge in [0.05, 0.1) is 0 Å². The highest BCUT2D eigenvalue weighted by atomic mass is 16.2. The number of hydrogen-bond acceptors (Lipinski definition) is 3. The highest BCUT2D eigenvalue weighted by molar-refractivity contribution is 5.84. The highest BCUT2D eigenvalue weighted by Gasteiger charge is 2.43. The van der Waals surface area contributed by atoms with E-state index < -0.39 is 0 Å². The second kappa shape index (κ2) is 9.70. The molecule has 0 aromatic rings. The van der Waals surface area contributed by atoms with Crippen molar-refractivity contribution in [3.63, 3.8) is 0 Å². The van der Waals surface area contributed by atoms with Crippen molar-refractivity contribution in [2.45, 2.75) is 96.8 Å². The normalized spacial score (nSPS) is 34.5. The van der Waals surface area contributed by atoms with Gasteiger partial charge >= 0.3 is 0 Å². The average Bonchev–Trinajstić information content (AvgIpc) is 3.68. The molecule has 1 heterocycles. The van der Waals surface area contributed by atoms with Gasteiger partial charge in [-0.3, -0.25) is 14.4 Å². The molecule has 2 unspecified atom stereocenters. The maximum atomic E-state index is 13.2. The summed E-state index contributed by atoms with van der Waals surface area (Å²) in [6.45, 7) is 4.94. The lowest BCUT2D eigenvalue weighted by Crippen LogP contribution is -2.56. The zero-order valence-corrected chi connectivity index (χ0v) is 20.7. The number of nitrogens with zero attached hydrogens (tertiary/aromatic N) is 2. The second-order valence-electron chi connectivity index (χ2n) is 12.4. The summed E-state index contributed by atoms with van der Waals surface area (Å²) >= 11 is 0. The van der Waals surface area contributed by atoms with E-state index in [-0.39, 0.29) is 11.3 Å². The molecule has 1 aliphatic heterocycles. The zero-order valence-electron chi connectivity index (χ0n) is 20.7. The SMILES string of the molecule is CC1(C(=O)N2CCN(C(=O)C3CCC(C4CCCC(CC(=O)C5CC5)C4)CC3)CC2)CCC1. The van der Waals surface area contributed by atoms with Gasteiger partial charge in [0.1, 0.15) is 5.78 Å². The van der Waals surface area contributed by atoms with E-state index in [1.54, 1.807) is 0 Å². The number of ketones is 1. The van der Waals surface area contributed by atoms with Crippen LogP contribution in [0.15, 0.2) is 0 Å². The second-order valence-corrected chi connectivity index (χ2v) is 12.4. The number of Topliss-reactive ketones (excluding diaryl/α,β-unsaturated/α-hetero) is 1. The molecule has 5 rings (SSSR count). The molecule has 2 atom stereocenters. The van der Waals surface area contributed by atoms with Crippen molar-refractivity contribution in [1.82, 2.24) is 9.80 Å². The van der Waals surface area contributed by atoms with Crippen molar-refractivity contribution in [3.8, 4) is 0 Å². The fourth-order valence-corrected chi connectivity index (χ4v) is 7.33. The number of rotatable bonds is 6. The van der Waals surface area contributed by atoms with E-state index >= 15 is 0 Å². The molecule has 4 aliphatic carbocycles. The molecular weight excluding hydrogens is 412 g/mol. The van der Waals surface area contributed by atoms with Gasteiger partial charge in [-0.15, -0.1) is 0 Å². The fourth-order valence-electron chi connectivity index (χ4n) is 7.33. The Bertz CT molecular complexity index is 740. The van der Waals surface area contributed by atoms with Crippen LogP contribution in [0.3, 0.4) is 0 Å². The molecule has 2 amide bonds. The molecule has 5 heteroatoms. The van der Waals surface area contributed by atoms with E-state index in [1.807, 2.05) is 9.80 Å². The van der Waals surface area contributed by atoms with Gasteiger partial charge in [-0.05, 0) is 75.5 Å². The zero-order chi connectivity index (χ0) is 23.0. The molecule has 0 N–H and O–H groups in total. The first-order chi connectivity index (χ1) is 15.9. The predicted molar refractivity (Wildman–Crippen MR) is 128 cm³/mol. The summed E-state index contributed by atoms with van der Waals surface area (Å²) in [5, 5.41) is 0. The minimum absolute atomic E-state index is 0.131. The van der Waals surface area contributed by atoms with Crippen LogP contribution in [0.5, 0.6) is 0 Å². The minimum Gasteiger partial charge on any atom is -0.339 e. The van der Waals surface area contributed by atoms with Gasteiger partial charge in [0.15, 0.2) is 0 Å². The summed E-state index contributed by atoms with van der Waals surface area (Å²) in [7, 11) is 0. The van der Waals surface area contributed by atoms with E-state index in [2.05, 4.69) is 6.92 Å². The molecule has 33 heavy (non-hydrogen) atoms. The number of hydrogen-bond donors (Lipinski definition) is 0. The summed E-state index contributed by atoms with van der Waals surface area (Å²) in [4.78, 5) is 42.3. The molecule has 5 aliphatic rings. The number of piperazine rings is 1. The molecule has 0 bridgehead atoms. The Morgan fingerprint density at radius 1 is 0.727 bits per heavy atom. The molecule has 0 spiro atoms. The Balaban J connectivity index is 1.05. The first-order valence-corrected chi connectivity index (χ1v) is 14.0. The van der Waals surface area contributed by atoms with E-state index in [1.165, 1.54) is 44.9 Å². The largest absolute Gasteiger partial charge is 0.339 e. The third-order valence-electron chi connectivity index (χ3n) is 9.99. The summed E-state index contributed by atoms with van der Waals surface area (Å²) in [5.74, 6) is 3.94. The van der Waals surface area contributed by atoms with Crippen LogP contribution >= 0.6 is 0 Å². The molecule has 0 aromatic heterocycles. The summed E-state index contributed by atoms with van der Waals surface area (Å²) in [6, 6.07) is 0. The lowest BCUT2D eigenvalue weighted by Gasteiger charge is -2.44. The summed E-state index contributed by atoms with van der Waals surface area (Å²) < 4.78 is 0. The van der Waals surface area contributed by atoms with Crippen LogP contribution in [0, 0.1) is 35.0 Å². The standard InChI is InChI=1S/C28H44N2O3/c1-28(12-3-13-28)27(33)30-16-14-29(15-17-30)26(32)23-10-6-21(7-11-23)24-5-2-4-20(18-24)19-25(31)22-8-9-22/h20-24H,2-19H2,1H3. The highest BCUT2D eigenvalue weighted by Crippen LogP contribution is 2.44. The summed E-state index contributed by atoms with van der Waals surface area (Å²) in [5.41, 5.74) is -0.131. The van der Waals surface area contributed by atoms with Gasteiger partial charge in [0, 0.05) is 49.9 Å². The maximum absolute atomic E-state index is 13.2. The Hall–Kier alpha value is -1.39. The fraction of sp³-hybridized carbons (Fsp3) is 0.893. The minimum atomic E-state index is -0.131. The van der Waals surface area contributed by atoms with Crippen LogP contribution in [-0.4, -0.2) is 53.6 Å². The van der Waals surface area contributed by atoms with Crippen LogP contribution in [-0.2, 0) is 14.4 Å². The van der Waals surface area contributed by atoms with Crippen LogP contribution < -0.4 is 0 Å². The monoisotopic (exact) mass is 456 g/mol. The number of amides is 2. The van der Waals surface area contributed by atoms with E-state index in [0.717, 1.165) is 56.8 Å². The van der Waals surface area contributed by atoms with Crippen molar-refractivity contribution < 1.29 is 14.4 Å². The van der Waals surface area contributed by atoms with Gasteiger partial charge in [-0.2, -0.15) is 0 Å². The van der Waals surface area contributed by atoms with Gasteiger partial charge in [-0.25, -0.2) is 0 Å². The summed E-state index contributed by atoms with van der Waals surface area (Å²) in [6.07, 6.45) is 15.9. The Kier molecular flexibility index (Phi) is 6.86. The van der Waals surface area contributed by atoms with Crippen LogP contribution in [0.2, 0.25) is 0 Å². The van der Waals surface area contributed by atoms with Crippen LogP contribution in [0.25, 0.3) is 0 Å². The molecule has 0 aromatic carbocycles. The molecule has 184 valence electrons. The first-order valence-electron chi connectivity index (χ1n) is 14.0. The first kappa shape index (κ1) is 23.4. The van der Waals surface area contributed by atoms with Gasteiger partial charge in [-0.1, -0.05) is 32.6 Å². The lowest BCUT2D eigenvalue weighted by atomic mass is 9.68. The molecule has 0 radical (unpaired) electrons. The van der Waals surface area contributed by atoms with E-state index in [0.29, 0.717) is 55.6 Å². The topological polar surface area (TPSA) is 57.7 Å².